The van der Waals surface area contributed by atoms with Crippen LogP contribution in [0.15, 0.2) is 24.3 Å². The largest absolute Gasteiger partial charge is 0.496 e. The highest BCUT2D eigenvalue weighted by Gasteiger charge is 2.33. The molecule has 0 radical (unpaired) electrons. The Balaban J connectivity index is 1.68. The van der Waals surface area contributed by atoms with E-state index >= 15 is 0 Å². The second kappa shape index (κ2) is 7.14. The second-order valence-corrected chi connectivity index (χ2v) is 6.37. The highest BCUT2D eigenvalue weighted by Crippen LogP contribution is 2.28. The number of carbonyl (C=O) groups is 1. The number of nitrogens with zero attached hydrogens (tertiary/aromatic N) is 1. The van der Waals surface area contributed by atoms with Crippen LogP contribution in [-0.4, -0.2) is 43.6 Å². The molecule has 2 aliphatic heterocycles. The van der Waals surface area contributed by atoms with Crippen molar-refractivity contribution in [3.05, 3.63) is 29.8 Å². The molecule has 0 saturated carbocycles. The maximum Gasteiger partial charge on any atom is 0.226 e. The van der Waals surface area contributed by atoms with Crippen molar-refractivity contribution >= 4 is 5.91 Å². The molecule has 3 rings (SSSR count). The zero-order valence-corrected chi connectivity index (χ0v) is 13.4. The predicted octanol–water partition coefficient (Wildman–Crippen LogP) is 2.23. The van der Waals surface area contributed by atoms with Crippen LogP contribution in [0.25, 0.3) is 0 Å². The lowest BCUT2D eigenvalue weighted by Crippen LogP contribution is -2.43. The minimum atomic E-state index is 0.222. The van der Waals surface area contributed by atoms with E-state index in [1.54, 1.807) is 7.11 Å². The molecule has 0 aliphatic carbocycles. The van der Waals surface area contributed by atoms with Gasteiger partial charge < -0.3 is 15.0 Å². The molecule has 0 bridgehead atoms. The number of likely N-dealkylation sites (tertiary alicyclic amines) is 1. The Labute approximate surface area is 132 Å². The van der Waals surface area contributed by atoms with Crippen molar-refractivity contribution in [1.29, 1.82) is 0 Å². The number of amides is 1. The number of benzene rings is 1. The van der Waals surface area contributed by atoms with Gasteiger partial charge in [0.25, 0.3) is 0 Å². The van der Waals surface area contributed by atoms with E-state index in [1.165, 1.54) is 5.56 Å². The molecule has 120 valence electrons. The molecule has 2 heterocycles. The molecule has 1 aromatic carbocycles. The van der Waals surface area contributed by atoms with Crippen molar-refractivity contribution in [1.82, 2.24) is 10.2 Å². The Hall–Kier alpha value is -1.55. The van der Waals surface area contributed by atoms with Gasteiger partial charge in [0.15, 0.2) is 0 Å². The van der Waals surface area contributed by atoms with Gasteiger partial charge in [-0.2, -0.15) is 0 Å². The minimum absolute atomic E-state index is 0.222. The Kier molecular flexibility index (Phi) is 4.98. The van der Waals surface area contributed by atoms with Crippen molar-refractivity contribution in [3.63, 3.8) is 0 Å². The lowest BCUT2D eigenvalue weighted by atomic mass is 9.95. The van der Waals surface area contributed by atoms with E-state index in [0.717, 1.165) is 57.5 Å². The molecule has 1 N–H and O–H groups in total. The third-order valence-corrected chi connectivity index (χ3v) is 5.00. The fourth-order valence-corrected chi connectivity index (χ4v) is 3.77. The fourth-order valence-electron chi connectivity index (χ4n) is 3.77. The van der Waals surface area contributed by atoms with Gasteiger partial charge in [0.1, 0.15) is 5.75 Å². The van der Waals surface area contributed by atoms with E-state index in [1.807, 2.05) is 18.2 Å². The summed E-state index contributed by atoms with van der Waals surface area (Å²) in [5.74, 6) is 1.53. The molecule has 1 unspecified atom stereocenters. The van der Waals surface area contributed by atoms with E-state index in [9.17, 15) is 4.79 Å². The molecule has 4 heteroatoms. The first-order valence-corrected chi connectivity index (χ1v) is 8.42. The highest BCUT2D eigenvalue weighted by atomic mass is 16.5. The molecular weight excluding hydrogens is 276 g/mol. The number of piperidine rings is 1. The zero-order valence-electron chi connectivity index (χ0n) is 13.4. The summed E-state index contributed by atoms with van der Waals surface area (Å²) in [5.41, 5.74) is 1.21. The molecule has 1 amide bonds. The summed E-state index contributed by atoms with van der Waals surface area (Å²) in [6.07, 6.45) is 5.10. The Bertz CT molecular complexity index is 512. The van der Waals surface area contributed by atoms with Gasteiger partial charge in [0.05, 0.1) is 7.11 Å². The number of hydrogen-bond acceptors (Lipinski definition) is 3. The van der Waals surface area contributed by atoms with Crippen molar-refractivity contribution in [2.45, 2.75) is 38.1 Å². The van der Waals surface area contributed by atoms with Crippen LogP contribution in [0.1, 0.15) is 31.2 Å². The van der Waals surface area contributed by atoms with E-state index in [-0.39, 0.29) is 5.92 Å². The number of nitrogens with one attached hydrogen (secondary N) is 1. The SMILES string of the molecule is COc1ccccc1CC1CCCN1C(=O)C1CCNCC1. The molecule has 1 aromatic rings. The van der Waals surface area contributed by atoms with Gasteiger partial charge in [-0.25, -0.2) is 0 Å². The number of methoxy groups -OCH3 is 1. The van der Waals surface area contributed by atoms with Crippen molar-refractivity contribution in [3.8, 4) is 5.75 Å². The van der Waals surface area contributed by atoms with E-state index < -0.39 is 0 Å². The summed E-state index contributed by atoms with van der Waals surface area (Å²) in [6.45, 7) is 2.87. The molecule has 0 spiro atoms. The van der Waals surface area contributed by atoms with Gasteiger partial charge in [0, 0.05) is 18.5 Å². The summed E-state index contributed by atoms with van der Waals surface area (Å²) >= 11 is 0. The minimum Gasteiger partial charge on any atom is -0.496 e. The van der Waals surface area contributed by atoms with Gasteiger partial charge in [-0.05, 0) is 56.8 Å². The smallest absolute Gasteiger partial charge is 0.226 e. The van der Waals surface area contributed by atoms with Crippen LogP contribution in [0.3, 0.4) is 0 Å². The van der Waals surface area contributed by atoms with Gasteiger partial charge in [0.2, 0.25) is 5.91 Å². The first-order valence-electron chi connectivity index (χ1n) is 8.42. The first-order chi connectivity index (χ1) is 10.8. The second-order valence-electron chi connectivity index (χ2n) is 6.37. The van der Waals surface area contributed by atoms with Crippen LogP contribution in [-0.2, 0) is 11.2 Å². The standard InChI is InChI=1S/C18H26N2O2/c1-22-17-7-3-2-5-15(17)13-16-6-4-12-20(16)18(21)14-8-10-19-11-9-14/h2-3,5,7,14,16,19H,4,6,8-13H2,1H3. The molecule has 1 atom stereocenters. The monoisotopic (exact) mass is 302 g/mol. The Morgan fingerprint density at radius 1 is 1.27 bits per heavy atom. The molecule has 2 aliphatic rings. The van der Waals surface area contributed by atoms with Crippen LogP contribution in [0.5, 0.6) is 5.75 Å². The Morgan fingerprint density at radius 3 is 2.82 bits per heavy atom. The quantitative estimate of drug-likeness (QED) is 0.927. The van der Waals surface area contributed by atoms with Crippen LogP contribution in [0.4, 0.5) is 0 Å². The molecule has 2 saturated heterocycles. The number of ether oxygens (including phenoxy) is 1. The maximum atomic E-state index is 12.8. The maximum absolute atomic E-state index is 12.8. The lowest BCUT2D eigenvalue weighted by molar-refractivity contribution is -0.137. The molecule has 2 fully saturated rings. The zero-order chi connectivity index (χ0) is 15.4. The third-order valence-electron chi connectivity index (χ3n) is 5.00. The van der Waals surface area contributed by atoms with E-state index in [0.29, 0.717) is 11.9 Å². The average molecular weight is 302 g/mol. The van der Waals surface area contributed by atoms with Gasteiger partial charge in [-0.3, -0.25) is 4.79 Å². The Morgan fingerprint density at radius 2 is 2.05 bits per heavy atom. The highest BCUT2D eigenvalue weighted by molar-refractivity contribution is 5.79. The fraction of sp³-hybridized carbons (Fsp3) is 0.611. The third kappa shape index (κ3) is 3.27. The summed E-state index contributed by atoms with van der Waals surface area (Å²) in [6, 6.07) is 8.49. The summed E-state index contributed by atoms with van der Waals surface area (Å²) in [4.78, 5) is 15.0. The molecule has 4 nitrogen and oxygen atoms in total. The summed E-state index contributed by atoms with van der Waals surface area (Å²) < 4.78 is 5.46. The van der Waals surface area contributed by atoms with Crippen molar-refractivity contribution in [2.75, 3.05) is 26.7 Å². The topological polar surface area (TPSA) is 41.6 Å². The first kappa shape index (κ1) is 15.3. The van der Waals surface area contributed by atoms with Gasteiger partial charge in [-0.15, -0.1) is 0 Å². The molecule has 0 aromatic heterocycles. The molecule has 22 heavy (non-hydrogen) atoms. The number of para-hydroxylation sites is 1. The summed E-state index contributed by atoms with van der Waals surface area (Å²) in [5, 5.41) is 3.34. The van der Waals surface area contributed by atoms with Crippen LogP contribution in [0, 0.1) is 5.92 Å². The normalized spacial score (nSPS) is 22.8. The van der Waals surface area contributed by atoms with E-state index in [2.05, 4.69) is 16.3 Å². The predicted molar refractivity (Wildman–Crippen MR) is 87.0 cm³/mol. The van der Waals surface area contributed by atoms with Crippen LogP contribution < -0.4 is 10.1 Å². The van der Waals surface area contributed by atoms with Gasteiger partial charge >= 0.3 is 0 Å². The lowest BCUT2D eigenvalue weighted by Gasteiger charge is -2.31. The van der Waals surface area contributed by atoms with Crippen molar-refractivity contribution in [2.24, 2.45) is 5.92 Å². The van der Waals surface area contributed by atoms with E-state index in [4.69, 9.17) is 4.74 Å². The van der Waals surface area contributed by atoms with Crippen LogP contribution >= 0.6 is 0 Å². The number of hydrogen-bond donors (Lipinski definition) is 1. The van der Waals surface area contributed by atoms with Crippen molar-refractivity contribution < 1.29 is 9.53 Å². The number of carbonyl (C=O) groups excluding carboxylic acids is 1. The summed E-state index contributed by atoms with van der Waals surface area (Å²) in [7, 11) is 1.71. The number of rotatable bonds is 4. The van der Waals surface area contributed by atoms with Gasteiger partial charge in [-0.1, -0.05) is 18.2 Å². The molecular formula is C18H26N2O2. The average Bonchev–Trinajstić information content (AvgIpc) is 3.03. The van der Waals surface area contributed by atoms with Crippen LogP contribution in [0.2, 0.25) is 0 Å².